The Kier molecular flexibility index (Phi) is 6.08. The van der Waals surface area contributed by atoms with E-state index in [1.807, 2.05) is 13.8 Å². The van der Waals surface area contributed by atoms with E-state index in [0.29, 0.717) is 18.8 Å². The molecule has 6 nitrogen and oxygen atoms in total. The number of amides is 3. The van der Waals surface area contributed by atoms with Gasteiger partial charge in [0.2, 0.25) is 5.91 Å². The maximum Gasteiger partial charge on any atom is 0.332 e. The third kappa shape index (κ3) is 5.66. The van der Waals surface area contributed by atoms with Crippen LogP contribution >= 0.6 is 0 Å². The molecule has 0 aromatic rings. The predicted octanol–water partition coefficient (Wildman–Crippen LogP) is 0.289. The van der Waals surface area contributed by atoms with Gasteiger partial charge in [-0.2, -0.15) is 5.10 Å². The first kappa shape index (κ1) is 13.4. The molecule has 0 spiro atoms. The highest BCUT2D eigenvalue weighted by molar-refractivity contribution is 6.00. The number of hydrogen-bond acceptors (Lipinski definition) is 3. The number of urea groups is 1. The fraction of sp³-hybridized carbons (Fsp3) is 0.667. The molecule has 0 aliphatic heterocycles. The maximum atomic E-state index is 11.6. The number of primary amides is 1. The number of carbonyl (C=O) groups excluding carboxylic acids is 2. The lowest BCUT2D eigenvalue weighted by atomic mass is 10.2. The van der Waals surface area contributed by atoms with Gasteiger partial charge < -0.3 is 10.6 Å². The van der Waals surface area contributed by atoms with Gasteiger partial charge in [-0.15, -0.1) is 0 Å². The van der Waals surface area contributed by atoms with E-state index >= 15 is 0 Å². The number of hydrogen-bond donors (Lipinski definition) is 2. The van der Waals surface area contributed by atoms with Gasteiger partial charge in [0, 0.05) is 18.8 Å². The summed E-state index contributed by atoms with van der Waals surface area (Å²) in [7, 11) is 0. The Hall–Kier alpha value is -1.59. The van der Waals surface area contributed by atoms with E-state index in [4.69, 9.17) is 5.73 Å². The highest BCUT2D eigenvalue weighted by atomic mass is 16.2. The quantitative estimate of drug-likeness (QED) is 0.509. The Morgan fingerprint density at radius 1 is 1.33 bits per heavy atom. The third-order valence-corrected chi connectivity index (χ3v) is 1.88. The summed E-state index contributed by atoms with van der Waals surface area (Å²) in [5.74, 6) is -0.00693. The van der Waals surface area contributed by atoms with Crippen LogP contribution in [0.2, 0.25) is 0 Å². The molecule has 0 bridgehead atoms. The van der Waals surface area contributed by atoms with Crippen LogP contribution in [0.25, 0.3) is 0 Å². The maximum absolute atomic E-state index is 11.6. The minimum absolute atomic E-state index is 0.00693. The van der Waals surface area contributed by atoms with Crippen molar-refractivity contribution < 1.29 is 9.59 Å². The molecule has 0 saturated heterocycles. The second-order valence-electron chi connectivity index (χ2n) is 3.07. The van der Waals surface area contributed by atoms with Gasteiger partial charge in [0.15, 0.2) is 0 Å². The molecule has 0 radical (unpaired) electrons. The zero-order chi connectivity index (χ0) is 11.8. The topological polar surface area (TPSA) is 87.8 Å². The van der Waals surface area contributed by atoms with Crippen LogP contribution in [-0.2, 0) is 4.79 Å². The average Bonchev–Trinajstić information content (AvgIpc) is 2.16. The smallest absolute Gasteiger partial charge is 0.332 e. The van der Waals surface area contributed by atoms with E-state index < -0.39 is 6.03 Å². The largest absolute Gasteiger partial charge is 0.350 e. The van der Waals surface area contributed by atoms with Crippen molar-refractivity contribution in [3.05, 3.63) is 0 Å². The van der Waals surface area contributed by atoms with Crippen LogP contribution in [0.1, 0.15) is 27.2 Å². The van der Waals surface area contributed by atoms with Crippen molar-refractivity contribution in [1.82, 2.24) is 10.3 Å². The fourth-order valence-electron chi connectivity index (χ4n) is 1.10. The van der Waals surface area contributed by atoms with Crippen molar-refractivity contribution >= 4 is 17.6 Å². The summed E-state index contributed by atoms with van der Waals surface area (Å²) in [6, 6.07) is -0.732. The lowest BCUT2D eigenvalue weighted by Crippen LogP contribution is -2.32. The molecule has 0 fully saturated rings. The van der Waals surface area contributed by atoms with E-state index in [0.717, 1.165) is 0 Å². The second-order valence-corrected chi connectivity index (χ2v) is 3.07. The second kappa shape index (κ2) is 6.80. The Bertz CT molecular complexity index is 259. The lowest BCUT2D eigenvalue weighted by molar-refractivity contribution is -0.129. The number of nitrogens with two attached hydrogens (primary N) is 1. The van der Waals surface area contributed by atoms with Crippen molar-refractivity contribution in [2.24, 2.45) is 10.8 Å². The summed E-state index contributed by atoms with van der Waals surface area (Å²) >= 11 is 0. The number of carbonyl (C=O) groups is 2. The molecule has 15 heavy (non-hydrogen) atoms. The summed E-state index contributed by atoms with van der Waals surface area (Å²) in [4.78, 5) is 23.6. The predicted molar refractivity (Wildman–Crippen MR) is 58.4 cm³/mol. The van der Waals surface area contributed by atoms with Gasteiger partial charge in [0.05, 0.1) is 6.42 Å². The molecule has 0 saturated carbocycles. The minimum atomic E-state index is -0.732. The first-order valence-electron chi connectivity index (χ1n) is 4.87. The first-order chi connectivity index (χ1) is 7.01. The Labute approximate surface area is 89.5 Å². The standard InChI is InChI=1S/C9H18N4O2/c1-4-13(5-2)8(14)6-7(3)11-12-9(10)15/h4-6H2,1-3H3,(H3,10,12,15)/b11-7-. The lowest BCUT2D eigenvalue weighted by Gasteiger charge is -2.18. The van der Waals surface area contributed by atoms with E-state index in [9.17, 15) is 9.59 Å². The molecule has 0 atom stereocenters. The van der Waals surface area contributed by atoms with Crippen molar-refractivity contribution in [2.75, 3.05) is 13.1 Å². The first-order valence-corrected chi connectivity index (χ1v) is 4.87. The number of nitrogens with one attached hydrogen (secondary N) is 1. The molecule has 86 valence electrons. The summed E-state index contributed by atoms with van der Waals surface area (Å²) in [6.07, 6.45) is 0.196. The van der Waals surface area contributed by atoms with Crippen LogP contribution in [0.15, 0.2) is 5.10 Å². The van der Waals surface area contributed by atoms with Crippen LogP contribution in [0.4, 0.5) is 4.79 Å². The normalized spacial score (nSPS) is 11.0. The molecule has 0 rings (SSSR count). The Morgan fingerprint density at radius 3 is 2.27 bits per heavy atom. The van der Waals surface area contributed by atoms with Crippen LogP contribution in [0, 0.1) is 0 Å². The fourth-order valence-corrected chi connectivity index (χ4v) is 1.10. The van der Waals surface area contributed by atoms with Crippen LogP contribution in [0.3, 0.4) is 0 Å². The van der Waals surface area contributed by atoms with Gasteiger partial charge in [-0.05, 0) is 20.8 Å². The van der Waals surface area contributed by atoms with Gasteiger partial charge in [0.1, 0.15) is 0 Å². The molecule has 0 unspecified atom stereocenters. The van der Waals surface area contributed by atoms with Crippen molar-refractivity contribution in [1.29, 1.82) is 0 Å². The van der Waals surface area contributed by atoms with Crippen molar-refractivity contribution in [2.45, 2.75) is 27.2 Å². The molecule has 6 heteroatoms. The van der Waals surface area contributed by atoms with Crippen LogP contribution < -0.4 is 11.2 Å². The highest BCUT2D eigenvalue weighted by Crippen LogP contribution is 1.95. The molecule has 3 N–H and O–H groups in total. The van der Waals surface area contributed by atoms with Crippen LogP contribution in [-0.4, -0.2) is 35.6 Å². The Balaban J connectivity index is 4.16. The van der Waals surface area contributed by atoms with Gasteiger partial charge in [0.25, 0.3) is 0 Å². The molecule has 0 aliphatic carbocycles. The summed E-state index contributed by atoms with van der Waals surface area (Å²) in [5.41, 5.74) is 7.45. The molecular weight excluding hydrogens is 196 g/mol. The van der Waals surface area contributed by atoms with Crippen molar-refractivity contribution in [3.8, 4) is 0 Å². The van der Waals surface area contributed by atoms with Gasteiger partial charge in [-0.1, -0.05) is 0 Å². The van der Waals surface area contributed by atoms with Crippen molar-refractivity contribution in [3.63, 3.8) is 0 Å². The molecular formula is C9H18N4O2. The third-order valence-electron chi connectivity index (χ3n) is 1.88. The molecule has 0 aromatic heterocycles. The average molecular weight is 214 g/mol. The summed E-state index contributed by atoms with van der Waals surface area (Å²) < 4.78 is 0. The van der Waals surface area contributed by atoms with E-state index in [2.05, 4.69) is 10.5 Å². The van der Waals surface area contributed by atoms with E-state index in [1.165, 1.54) is 0 Å². The Morgan fingerprint density at radius 2 is 1.87 bits per heavy atom. The molecule has 3 amide bonds. The molecule has 0 aromatic carbocycles. The van der Waals surface area contributed by atoms with Gasteiger partial charge in [-0.3, -0.25) is 4.79 Å². The number of rotatable bonds is 5. The van der Waals surface area contributed by atoms with Crippen LogP contribution in [0.5, 0.6) is 0 Å². The number of nitrogens with zero attached hydrogens (tertiary/aromatic N) is 2. The number of hydrazone groups is 1. The van der Waals surface area contributed by atoms with E-state index in [1.54, 1.807) is 11.8 Å². The van der Waals surface area contributed by atoms with E-state index in [-0.39, 0.29) is 12.3 Å². The summed E-state index contributed by atoms with van der Waals surface area (Å²) in [6.45, 7) is 6.83. The molecule has 0 aliphatic rings. The monoisotopic (exact) mass is 214 g/mol. The zero-order valence-electron chi connectivity index (χ0n) is 9.41. The highest BCUT2D eigenvalue weighted by Gasteiger charge is 2.10. The zero-order valence-corrected chi connectivity index (χ0v) is 9.41. The SMILES string of the molecule is CCN(CC)C(=O)C/C(C)=N\NC(N)=O. The van der Waals surface area contributed by atoms with Gasteiger partial charge in [-0.25, -0.2) is 10.2 Å². The summed E-state index contributed by atoms with van der Waals surface area (Å²) in [5, 5.41) is 3.66. The molecule has 0 heterocycles. The van der Waals surface area contributed by atoms with Gasteiger partial charge >= 0.3 is 6.03 Å². The minimum Gasteiger partial charge on any atom is -0.350 e.